The number of hydrogen-bond donors (Lipinski definition) is 1. The van der Waals surface area contributed by atoms with Crippen molar-refractivity contribution < 1.29 is 19.0 Å². The summed E-state index contributed by atoms with van der Waals surface area (Å²) in [6, 6.07) is 7.34. The van der Waals surface area contributed by atoms with Crippen LogP contribution < -0.4 is 14.8 Å². The number of carbonyl (C=O) groups excluding carboxylic acids is 1. The van der Waals surface area contributed by atoms with Crippen LogP contribution in [-0.4, -0.2) is 30.4 Å². The first-order chi connectivity index (χ1) is 12.8. The minimum Gasteiger partial charge on any atom is -0.492 e. The van der Waals surface area contributed by atoms with E-state index in [0.29, 0.717) is 23.7 Å². The van der Waals surface area contributed by atoms with E-state index < -0.39 is 6.09 Å². The number of hydrogen-bond acceptors (Lipinski definition) is 5. The molecule has 154 valence electrons. The number of rotatable bonds is 5. The summed E-state index contributed by atoms with van der Waals surface area (Å²) in [7, 11) is 0. The SMILES string of the molecule is CCOc1cc(OC2C(C)(C)C(OC(=O)NC(C)(C)C)C2(C)C)ccc1C#N. The van der Waals surface area contributed by atoms with Gasteiger partial charge in [-0.2, -0.15) is 5.26 Å². The standard InChI is InChI=1S/C22H32N2O4/c1-9-26-16-12-15(11-10-14(16)13-23)27-17-21(5,6)18(22(17,7)8)28-19(25)24-20(2,3)4/h10-12,17-18H,9H2,1-8H3,(H,24,25). The maximum atomic E-state index is 12.3. The van der Waals surface area contributed by atoms with Crippen LogP contribution in [0.25, 0.3) is 0 Å². The second-order valence-electron chi connectivity index (χ2n) is 9.50. The highest BCUT2D eigenvalue weighted by atomic mass is 16.6. The van der Waals surface area contributed by atoms with E-state index in [-0.39, 0.29) is 28.6 Å². The first kappa shape index (κ1) is 21.9. The summed E-state index contributed by atoms with van der Waals surface area (Å²) < 4.78 is 17.6. The molecule has 6 nitrogen and oxygen atoms in total. The first-order valence-corrected chi connectivity index (χ1v) is 9.65. The number of alkyl carbamates (subject to hydrolysis) is 1. The van der Waals surface area contributed by atoms with E-state index in [1.54, 1.807) is 18.2 Å². The Morgan fingerprint density at radius 1 is 1.18 bits per heavy atom. The Labute approximate surface area is 168 Å². The molecule has 0 aromatic heterocycles. The predicted molar refractivity (Wildman–Crippen MR) is 107 cm³/mol. The van der Waals surface area contributed by atoms with Gasteiger partial charge in [-0.1, -0.05) is 27.7 Å². The minimum absolute atomic E-state index is 0.171. The molecule has 1 aromatic rings. The fraction of sp³-hybridized carbons (Fsp3) is 0.636. The molecule has 1 aliphatic rings. The summed E-state index contributed by atoms with van der Waals surface area (Å²) in [5.74, 6) is 1.14. The van der Waals surface area contributed by atoms with Crippen LogP contribution >= 0.6 is 0 Å². The second-order valence-corrected chi connectivity index (χ2v) is 9.50. The number of nitriles is 1. The summed E-state index contributed by atoms with van der Waals surface area (Å²) >= 11 is 0. The van der Waals surface area contributed by atoms with Crippen LogP contribution in [0.4, 0.5) is 4.79 Å². The van der Waals surface area contributed by atoms with Gasteiger partial charge in [0.05, 0.1) is 12.2 Å². The lowest BCUT2D eigenvalue weighted by molar-refractivity contribution is -0.235. The third-order valence-corrected chi connectivity index (χ3v) is 5.03. The lowest BCUT2D eigenvalue weighted by Crippen LogP contribution is -2.71. The molecule has 0 saturated heterocycles. The zero-order valence-corrected chi connectivity index (χ0v) is 18.2. The number of carbonyl (C=O) groups is 1. The molecule has 0 radical (unpaired) electrons. The predicted octanol–water partition coefficient (Wildman–Crippen LogP) is 4.66. The third-order valence-electron chi connectivity index (χ3n) is 5.03. The van der Waals surface area contributed by atoms with Gasteiger partial charge in [-0.15, -0.1) is 0 Å². The molecule has 28 heavy (non-hydrogen) atoms. The van der Waals surface area contributed by atoms with Crippen molar-refractivity contribution in [2.75, 3.05) is 6.61 Å². The zero-order chi connectivity index (χ0) is 21.3. The van der Waals surface area contributed by atoms with E-state index in [4.69, 9.17) is 14.2 Å². The Morgan fingerprint density at radius 2 is 1.79 bits per heavy atom. The smallest absolute Gasteiger partial charge is 0.407 e. The Morgan fingerprint density at radius 3 is 2.29 bits per heavy atom. The van der Waals surface area contributed by atoms with Crippen molar-refractivity contribution >= 4 is 6.09 Å². The van der Waals surface area contributed by atoms with Gasteiger partial charge in [0.1, 0.15) is 29.8 Å². The summed E-state index contributed by atoms with van der Waals surface area (Å²) in [5.41, 5.74) is -0.638. The van der Waals surface area contributed by atoms with Crippen molar-refractivity contribution in [3.8, 4) is 17.6 Å². The fourth-order valence-corrected chi connectivity index (χ4v) is 4.23. The Balaban J connectivity index is 2.17. The fourth-order valence-electron chi connectivity index (χ4n) is 4.23. The minimum atomic E-state index is -0.422. The van der Waals surface area contributed by atoms with Crippen molar-refractivity contribution in [3.05, 3.63) is 23.8 Å². The van der Waals surface area contributed by atoms with Gasteiger partial charge in [-0.3, -0.25) is 0 Å². The van der Waals surface area contributed by atoms with Gasteiger partial charge in [0.15, 0.2) is 0 Å². The molecule has 1 aliphatic carbocycles. The number of ether oxygens (including phenoxy) is 3. The normalized spacial score (nSPS) is 22.4. The molecule has 1 aromatic carbocycles. The van der Waals surface area contributed by atoms with Crippen LogP contribution in [0.3, 0.4) is 0 Å². The molecule has 1 fully saturated rings. The highest BCUT2D eigenvalue weighted by Gasteiger charge is 2.66. The summed E-state index contributed by atoms with van der Waals surface area (Å²) in [5, 5.41) is 12.1. The molecular formula is C22H32N2O4. The van der Waals surface area contributed by atoms with Gasteiger partial charge < -0.3 is 19.5 Å². The van der Waals surface area contributed by atoms with Crippen LogP contribution in [0.2, 0.25) is 0 Å². The third kappa shape index (κ3) is 4.35. The van der Waals surface area contributed by atoms with Crippen LogP contribution in [0, 0.1) is 22.2 Å². The van der Waals surface area contributed by atoms with Gasteiger partial charge in [-0.05, 0) is 39.8 Å². The Kier molecular flexibility index (Phi) is 5.89. The molecule has 0 bridgehead atoms. The van der Waals surface area contributed by atoms with E-state index in [1.807, 2.05) is 55.4 Å². The van der Waals surface area contributed by atoms with E-state index >= 15 is 0 Å². The van der Waals surface area contributed by atoms with E-state index in [0.717, 1.165) is 0 Å². The zero-order valence-electron chi connectivity index (χ0n) is 18.2. The Hall–Kier alpha value is -2.42. The van der Waals surface area contributed by atoms with E-state index in [1.165, 1.54) is 0 Å². The van der Waals surface area contributed by atoms with Gasteiger partial charge in [0.2, 0.25) is 0 Å². The quantitative estimate of drug-likeness (QED) is 0.793. The van der Waals surface area contributed by atoms with Crippen molar-refractivity contribution in [1.82, 2.24) is 5.32 Å². The summed E-state index contributed by atoms with van der Waals surface area (Å²) in [4.78, 5) is 12.3. The number of amides is 1. The highest BCUT2D eigenvalue weighted by molar-refractivity contribution is 5.68. The molecule has 0 heterocycles. The maximum absolute atomic E-state index is 12.3. The van der Waals surface area contributed by atoms with Crippen LogP contribution in [-0.2, 0) is 4.74 Å². The molecular weight excluding hydrogens is 356 g/mol. The molecule has 1 saturated carbocycles. The van der Waals surface area contributed by atoms with Crippen LogP contribution in [0.15, 0.2) is 18.2 Å². The highest BCUT2D eigenvalue weighted by Crippen LogP contribution is 2.57. The van der Waals surface area contributed by atoms with Gasteiger partial charge in [0, 0.05) is 22.4 Å². The lowest BCUT2D eigenvalue weighted by atomic mass is 9.51. The Bertz CT molecular complexity index is 756. The molecule has 2 rings (SSSR count). The van der Waals surface area contributed by atoms with E-state index in [9.17, 15) is 10.1 Å². The maximum Gasteiger partial charge on any atom is 0.407 e. The summed E-state index contributed by atoms with van der Waals surface area (Å²) in [6.45, 7) is 16.2. The average molecular weight is 389 g/mol. The van der Waals surface area contributed by atoms with Crippen molar-refractivity contribution in [3.63, 3.8) is 0 Å². The van der Waals surface area contributed by atoms with Crippen LogP contribution in [0.1, 0.15) is 61.0 Å². The number of benzene rings is 1. The van der Waals surface area contributed by atoms with E-state index in [2.05, 4.69) is 11.4 Å². The monoisotopic (exact) mass is 388 g/mol. The van der Waals surface area contributed by atoms with Crippen LogP contribution in [0.5, 0.6) is 11.5 Å². The molecule has 1 amide bonds. The molecule has 1 N–H and O–H groups in total. The molecule has 6 heteroatoms. The van der Waals surface area contributed by atoms with Crippen molar-refractivity contribution in [1.29, 1.82) is 5.26 Å². The van der Waals surface area contributed by atoms with Gasteiger partial charge in [0.25, 0.3) is 0 Å². The first-order valence-electron chi connectivity index (χ1n) is 9.65. The number of nitrogens with zero attached hydrogens (tertiary/aromatic N) is 1. The van der Waals surface area contributed by atoms with Crippen molar-refractivity contribution in [2.24, 2.45) is 10.8 Å². The lowest BCUT2D eigenvalue weighted by Gasteiger charge is -2.61. The topological polar surface area (TPSA) is 80.6 Å². The molecule has 0 spiro atoms. The van der Waals surface area contributed by atoms with Gasteiger partial charge >= 0.3 is 6.09 Å². The van der Waals surface area contributed by atoms with Crippen molar-refractivity contribution in [2.45, 2.75) is 73.1 Å². The largest absolute Gasteiger partial charge is 0.492 e. The molecule has 0 atom stereocenters. The summed E-state index contributed by atoms with van der Waals surface area (Å²) in [6.07, 6.45) is -0.888. The molecule has 0 aliphatic heterocycles. The average Bonchev–Trinajstić information content (AvgIpc) is 2.56. The van der Waals surface area contributed by atoms with Gasteiger partial charge in [-0.25, -0.2) is 4.79 Å². The second kappa shape index (κ2) is 7.54. The molecule has 0 unspecified atom stereocenters. The number of nitrogens with one attached hydrogen (secondary N) is 1.